The molecule has 1 aliphatic rings. The normalized spacial score (nSPS) is 24.3. The molecule has 0 saturated heterocycles. The van der Waals surface area contributed by atoms with Crippen LogP contribution in [0.25, 0.3) is 0 Å². The average Bonchev–Trinajstić information content (AvgIpc) is 2.37. The van der Waals surface area contributed by atoms with Gasteiger partial charge in [-0.2, -0.15) is 0 Å². The van der Waals surface area contributed by atoms with Gasteiger partial charge >= 0.3 is 0 Å². The van der Waals surface area contributed by atoms with Crippen molar-refractivity contribution in [1.82, 2.24) is 4.90 Å². The molecule has 1 aromatic carbocycles. The lowest BCUT2D eigenvalue weighted by atomic mass is 9.82. The fourth-order valence-electron chi connectivity index (χ4n) is 2.64. The number of hydrogen-bond donors (Lipinski definition) is 3. The van der Waals surface area contributed by atoms with Gasteiger partial charge in [0.1, 0.15) is 0 Å². The van der Waals surface area contributed by atoms with E-state index in [2.05, 4.69) is 4.90 Å². The van der Waals surface area contributed by atoms with Crippen LogP contribution in [-0.2, 0) is 6.54 Å². The van der Waals surface area contributed by atoms with Crippen molar-refractivity contribution in [1.29, 1.82) is 0 Å². The first-order valence-corrected chi connectivity index (χ1v) is 6.92. The molecule has 2 rings (SSSR count). The predicted molar refractivity (Wildman–Crippen MR) is 75.5 cm³/mol. The summed E-state index contributed by atoms with van der Waals surface area (Å²) in [4.78, 5) is 2.14. The highest BCUT2D eigenvalue weighted by Crippen LogP contribution is 2.28. The number of benzene rings is 1. The fourth-order valence-corrected chi connectivity index (χ4v) is 2.64. The topological polar surface area (TPSA) is 69.7 Å². The molecule has 4 nitrogen and oxygen atoms in total. The number of aliphatic hydroxyl groups is 2. The van der Waals surface area contributed by atoms with Crippen molar-refractivity contribution in [2.45, 2.75) is 31.6 Å². The van der Waals surface area contributed by atoms with E-state index in [1.807, 2.05) is 31.3 Å². The number of aliphatic hydroxyl groups excluding tert-OH is 2. The number of rotatable bonds is 6. The highest BCUT2D eigenvalue weighted by molar-refractivity contribution is 5.24. The van der Waals surface area contributed by atoms with Gasteiger partial charge in [0.25, 0.3) is 0 Å². The number of hydrogen-bond acceptors (Lipinski definition) is 4. The van der Waals surface area contributed by atoms with Gasteiger partial charge in [0.05, 0.1) is 12.2 Å². The average molecular weight is 264 g/mol. The lowest BCUT2D eigenvalue weighted by molar-refractivity contribution is 0.0210. The van der Waals surface area contributed by atoms with Gasteiger partial charge in [-0.05, 0) is 36.9 Å². The van der Waals surface area contributed by atoms with Crippen LogP contribution >= 0.6 is 0 Å². The highest BCUT2D eigenvalue weighted by atomic mass is 16.3. The SMILES string of the molecule is CN(CC1CC(O)C1)CC(O)c1ccc(CN)cc1. The van der Waals surface area contributed by atoms with E-state index < -0.39 is 6.10 Å². The first-order valence-electron chi connectivity index (χ1n) is 6.92. The predicted octanol–water partition coefficient (Wildman–Crippen LogP) is 0.881. The number of nitrogens with zero attached hydrogens (tertiary/aromatic N) is 1. The molecule has 4 heteroatoms. The van der Waals surface area contributed by atoms with Gasteiger partial charge in [0.2, 0.25) is 0 Å². The maximum absolute atomic E-state index is 10.2. The van der Waals surface area contributed by atoms with Crippen molar-refractivity contribution in [3.8, 4) is 0 Å². The maximum atomic E-state index is 10.2. The Bertz CT molecular complexity index is 388. The van der Waals surface area contributed by atoms with Gasteiger partial charge in [-0.25, -0.2) is 0 Å². The third-order valence-corrected chi connectivity index (χ3v) is 3.87. The molecule has 0 heterocycles. The molecule has 0 spiro atoms. The summed E-state index contributed by atoms with van der Waals surface area (Å²) in [6, 6.07) is 7.79. The summed E-state index contributed by atoms with van der Waals surface area (Å²) in [7, 11) is 2.02. The Morgan fingerprint density at radius 3 is 2.47 bits per heavy atom. The molecule has 0 aliphatic heterocycles. The molecule has 1 unspecified atom stereocenters. The summed E-state index contributed by atoms with van der Waals surface area (Å²) in [6.45, 7) is 2.09. The summed E-state index contributed by atoms with van der Waals surface area (Å²) >= 11 is 0. The van der Waals surface area contributed by atoms with Crippen LogP contribution in [0.1, 0.15) is 30.1 Å². The minimum Gasteiger partial charge on any atom is -0.393 e. The molecule has 1 fully saturated rings. The monoisotopic (exact) mass is 264 g/mol. The van der Waals surface area contributed by atoms with E-state index in [4.69, 9.17) is 5.73 Å². The van der Waals surface area contributed by atoms with E-state index in [0.29, 0.717) is 19.0 Å². The third kappa shape index (κ3) is 4.01. The van der Waals surface area contributed by atoms with Crippen molar-refractivity contribution >= 4 is 0 Å². The first kappa shape index (κ1) is 14.5. The second-order valence-corrected chi connectivity index (χ2v) is 5.67. The Morgan fingerprint density at radius 2 is 1.95 bits per heavy atom. The zero-order valence-electron chi connectivity index (χ0n) is 11.5. The molecular weight excluding hydrogens is 240 g/mol. The zero-order chi connectivity index (χ0) is 13.8. The van der Waals surface area contributed by atoms with Crippen molar-refractivity contribution in [2.24, 2.45) is 11.7 Å². The van der Waals surface area contributed by atoms with E-state index in [0.717, 1.165) is 30.5 Å². The number of likely N-dealkylation sites (N-methyl/N-ethyl adjacent to an activating group) is 1. The molecule has 0 amide bonds. The molecule has 0 radical (unpaired) electrons. The second kappa shape index (κ2) is 6.48. The lowest BCUT2D eigenvalue weighted by Gasteiger charge is -2.35. The van der Waals surface area contributed by atoms with Crippen molar-refractivity contribution in [3.05, 3.63) is 35.4 Å². The van der Waals surface area contributed by atoms with Crippen LogP contribution in [-0.4, -0.2) is 41.4 Å². The number of nitrogens with two attached hydrogens (primary N) is 1. The van der Waals surface area contributed by atoms with Crippen LogP contribution in [0.5, 0.6) is 0 Å². The van der Waals surface area contributed by atoms with E-state index >= 15 is 0 Å². The molecule has 19 heavy (non-hydrogen) atoms. The molecule has 0 bridgehead atoms. The van der Waals surface area contributed by atoms with E-state index in [-0.39, 0.29) is 6.10 Å². The van der Waals surface area contributed by atoms with Crippen molar-refractivity contribution in [2.75, 3.05) is 20.1 Å². The summed E-state index contributed by atoms with van der Waals surface area (Å²) in [5, 5.41) is 19.5. The van der Waals surface area contributed by atoms with E-state index in [1.165, 1.54) is 0 Å². The molecule has 106 valence electrons. The van der Waals surface area contributed by atoms with Gasteiger partial charge in [-0.3, -0.25) is 0 Å². The van der Waals surface area contributed by atoms with Gasteiger partial charge < -0.3 is 20.8 Å². The highest BCUT2D eigenvalue weighted by Gasteiger charge is 2.28. The Hall–Kier alpha value is -0.940. The maximum Gasteiger partial charge on any atom is 0.0916 e. The zero-order valence-corrected chi connectivity index (χ0v) is 11.5. The summed E-state index contributed by atoms with van der Waals surface area (Å²) in [6.07, 6.45) is 1.21. The largest absolute Gasteiger partial charge is 0.393 e. The quantitative estimate of drug-likeness (QED) is 0.713. The fraction of sp³-hybridized carbons (Fsp3) is 0.600. The van der Waals surface area contributed by atoms with Gasteiger partial charge in [-0.15, -0.1) is 0 Å². The lowest BCUT2D eigenvalue weighted by Crippen LogP contribution is -2.38. The summed E-state index contributed by atoms with van der Waals surface area (Å²) in [5.74, 6) is 0.576. The Morgan fingerprint density at radius 1 is 1.32 bits per heavy atom. The Labute approximate surface area is 114 Å². The van der Waals surface area contributed by atoms with Crippen LogP contribution < -0.4 is 5.73 Å². The van der Waals surface area contributed by atoms with Gasteiger partial charge in [0.15, 0.2) is 0 Å². The summed E-state index contributed by atoms with van der Waals surface area (Å²) in [5.41, 5.74) is 7.56. The van der Waals surface area contributed by atoms with Gasteiger partial charge in [0, 0.05) is 19.6 Å². The molecule has 1 saturated carbocycles. The van der Waals surface area contributed by atoms with Crippen LogP contribution in [0.15, 0.2) is 24.3 Å². The Balaban J connectivity index is 1.80. The van der Waals surface area contributed by atoms with Gasteiger partial charge in [-0.1, -0.05) is 24.3 Å². The smallest absolute Gasteiger partial charge is 0.0916 e. The standard InChI is InChI=1S/C15H24N2O2/c1-17(9-12-6-14(18)7-12)10-15(19)13-4-2-11(8-16)3-5-13/h2-5,12,14-15,18-19H,6-10,16H2,1H3. The first-order chi connectivity index (χ1) is 9.08. The molecule has 1 aromatic rings. The van der Waals surface area contributed by atoms with E-state index in [9.17, 15) is 10.2 Å². The Kier molecular flexibility index (Phi) is 4.93. The van der Waals surface area contributed by atoms with Crippen molar-refractivity contribution in [3.63, 3.8) is 0 Å². The second-order valence-electron chi connectivity index (χ2n) is 5.67. The molecular formula is C15H24N2O2. The molecule has 0 aromatic heterocycles. The van der Waals surface area contributed by atoms with Crippen LogP contribution in [0.4, 0.5) is 0 Å². The summed E-state index contributed by atoms with van der Waals surface area (Å²) < 4.78 is 0. The molecule has 4 N–H and O–H groups in total. The molecule has 1 aliphatic carbocycles. The van der Waals surface area contributed by atoms with Crippen LogP contribution in [0.3, 0.4) is 0 Å². The third-order valence-electron chi connectivity index (χ3n) is 3.87. The van der Waals surface area contributed by atoms with Crippen molar-refractivity contribution < 1.29 is 10.2 Å². The minimum atomic E-state index is -0.471. The van der Waals surface area contributed by atoms with E-state index in [1.54, 1.807) is 0 Å². The van der Waals surface area contributed by atoms with Crippen LogP contribution in [0.2, 0.25) is 0 Å². The minimum absolute atomic E-state index is 0.105. The van der Waals surface area contributed by atoms with Crippen LogP contribution in [0, 0.1) is 5.92 Å². The molecule has 1 atom stereocenters.